The number of aliphatic hydroxyl groups is 2. The molecule has 4 aromatic heterocycles. The summed E-state index contributed by atoms with van der Waals surface area (Å²) >= 11 is 0. The highest BCUT2D eigenvalue weighted by Gasteiger charge is 2.54. The van der Waals surface area contributed by atoms with Gasteiger partial charge in [0.05, 0.1) is 24.9 Å². The Balaban J connectivity index is 1.17. The molecule has 236 valence electrons. The van der Waals surface area contributed by atoms with Crippen molar-refractivity contribution >= 4 is 49.3 Å². The zero-order valence-electron chi connectivity index (χ0n) is 22.2. The molecule has 0 aromatic carbocycles. The van der Waals surface area contributed by atoms with Crippen LogP contribution in [0.15, 0.2) is 31.2 Å². The number of nitrogens with zero attached hydrogens (tertiary/aromatic N) is 7. The molecule has 0 bridgehead atoms. The van der Waals surface area contributed by atoms with Crippen molar-refractivity contribution in [1.82, 2.24) is 34.1 Å². The maximum atomic E-state index is 13.2. The Morgan fingerprint density at radius 3 is 2.32 bits per heavy atom. The molecule has 0 spiro atoms. The van der Waals surface area contributed by atoms with Gasteiger partial charge < -0.3 is 45.7 Å². The minimum absolute atomic E-state index is 0.0469. The predicted molar refractivity (Wildman–Crippen MR) is 143 cm³/mol. The zero-order chi connectivity index (χ0) is 31.0. The average Bonchev–Trinajstić information content (AvgIpc) is 3.73. The lowest BCUT2D eigenvalue weighted by molar-refractivity contribution is -0.168. The fraction of sp³-hybridized carbons (Fsp3) is 0.476. The Bertz CT molecular complexity index is 1690. The third kappa shape index (κ3) is 5.06. The van der Waals surface area contributed by atoms with E-state index in [9.17, 15) is 29.1 Å². The molecule has 10 atom stereocenters. The molecule has 0 amide bonds. The van der Waals surface area contributed by atoms with Gasteiger partial charge in [-0.05, 0) is 6.07 Å². The van der Waals surface area contributed by atoms with E-state index in [2.05, 4.69) is 24.9 Å². The van der Waals surface area contributed by atoms with Crippen LogP contribution in [0.2, 0.25) is 0 Å². The van der Waals surface area contributed by atoms with Gasteiger partial charge in [-0.15, -0.1) is 0 Å². The van der Waals surface area contributed by atoms with Gasteiger partial charge in [0.25, 0.3) is 0 Å². The second-order valence-corrected chi connectivity index (χ2v) is 13.2. The minimum atomic E-state index is -5.02. The Labute approximate surface area is 245 Å². The molecule has 23 heteroatoms. The molecule has 21 nitrogen and oxygen atoms in total. The van der Waals surface area contributed by atoms with Crippen LogP contribution in [0.4, 0.5) is 11.5 Å². The Morgan fingerprint density at radius 2 is 1.55 bits per heavy atom. The van der Waals surface area contributed by atoms with Gasteiger partial charge in [-0.3, -0.25) is 27.3 Å². The summed E-state index contributed by atoms with van der Waals surface area (Å²) in [6.07, 6.45) is -8.31. The van der Waals surface area contributed by atoms with Crippen LogP contribution in [0.25, 0.3) is 22.3 Å². The third-order valence-corrected chi connectivity index (χ3v) is 9.29. The third-order valence-electron chi connectivity index (χ3n) is 7.25. The highest BCUT2D eigenvalue weighted by molar-refractivity contribution is 7.52. The number of aliphatic hydroxyl groups excluding tert-OH is 2. The molecule has 4 unspecified atom stereocenters. The second kappa shape index (κ2) is 10.7. The van der Waals surface area contributed by atoms with Crippen LogP contribution in [0.1, 0.15) is 12.5 Å². The number of aromatic nitrogens is 7. The van der Waals surface area contributed by atoms with Crippen LogP contribution < -0.4 is 11.5 Å². The molecule has 8 N–H and O–H groups in total. The van der Waals surface area contributed by atoms with Crippen molar-refractivity contribution in [1.29, 1.82) is 0 Å². The first-order valence-electron chi connectivity index (χ1n) is 12.9. The van der Waals surface area contributed by atoms with E-state index >= 15 is 0 Å². The Hall–Kier alpha value is -3.17. The van der Waals surface area contributed by atoms with E-state index in [1.54, 1.807) is 0 Å². The molecular formula is C21H25N9O12P2. The topological polar surface area (TPSA) is 297 Å². The number of phosphoric acid groups is 1. The number of nitrogens with two attached hydrogens (primary N) is 2. The van der Waals surface area contributed by atoms with E-state index in [4.69, 9.17) is 39.2 Å². The fourth-order valence-electron chi connectivity index (χ4n) is 5.24. The van der Waals surface area contributed by atoms with Crippen molar-refractivity contribution in [3.63, 3.8) is 0 Å². The summed E-state index contributed by atoms with van der Waals surface area (Å²) in [5, 5.41) is 22.2. The van der Waals surface area contributed by atoms with Crippen molar-refractivity contribution in [2.45, 2.75) is 49.3 Å². The summed E-state index contributed by atoms with van der Waals surface area (Å²) < 4.78 is 61.6. The van der Waals surface area contributed by atoms with E-state index in [-0.39, 0.29) is 22.6 Å². The maximum Gasteiger partial charge on any atom is 0.472 e. The van der Waals surface area contributed by atoms with Gasteiger partial charge >= 0.3 is 15.4 Å². The predicted octanol–water partition coefficient (Wildman–Crippen LogP) is -1.03. The molecule has 7 heterocycles. The number of rotatable bonds is 2. The van der Waals surface area contributed by atoms with Crippen LogP contribution in [-0.4, -0.2) is 104 Å². The number of imidazole rings is 2. The summed E-state index contributed by atoms with van der Waals surface area (Å²) in [5.41, 5.74) is 12.9. The van der Waals surface area contributed by atoms with Crippen molar-refractivity contribution < 1.29 is 56.9 Å². The molecule has 3 aliphatic rings. The molecule has 44 heavy (non-hydrogen) atoms. The smallest absolute Gasteiger partial charge is 0.397 e. The van der Waals surface area contributed by atoms with Crippen molar-refractivity contribution in [2.24, 2.45) is 0 Å². The molecule has 3 fully saturated rings. The van der Waals surface area contributed by atoms with Gasteiger partial charge in [0.1, 0.15) is 41.8 Å². The normalized spacial score (nSPS) is 38.3. The SMILES string of the molecule is Nc1ncnc2c1ncn2[C@@H]1O[C@@H]2OCP(=O)(O)O[C@@H]3C(O)[C@H](n4cnc5c(N)ccnc54)O[C@@H]3COP(=O)(O)O[C@@H]2C1O. The van der Waals surface area contributed by atoms with E-state index in [1.807, 2.05) is 0 Å². The number of anilines is 2. The largest absolute Gasteiger partial charge is 0.472 e. The monoisotopic (exact) mass is 657 g/mol. The first-order valence-corrected chi connectivity index (χ1v) is 16.1. The molecule has 4 aromatic rings. The summed E-state index contributed by atoms with van der Waals surface area (Å²) in [5.74, 6) is 0.0469. The van der Waals surface area contributed by atoms with Gasteiger partial charge in [0.15, 0.2) is 48.3 Å². The van der Waals surface area contributed by atoms with E-state index in [1.165, 1.54) is 34.1 Å². The lowest BCUT2D eigenvalue weighted by atomic mass is 10.1. The van der Waals surface area contributed by atoms with E-state index in [0.29, 0.717) is 11.2 Å². The molecular weight excluding hydrogens is 632 g/mol. The zero-order valence-corrected chi connectivity index (χ0v) is 23.9. The number of nitrogen functional groups attached to an aromatic ring is 2. The standard InChI is InChI=1S/C21H25N9O12P2/c22-8-1-2-24-17-10(8)27-5-29(17)19-12(31)14-9(39-19)3-38-44(35,36)42-15-13(32)20(40-21(15)37-7-43(33,34)41-14)30-6-28-11-16(23)25-4-26-18(11)30/h1-2,4-6,9,12-15,19-21,31-32H,3,7H2,(H2,22,24)(H,33,34)(H,35,36)(H2,23,25,26)/t9-,12?,13?,14+,15-,19-,20-,21+/m1/s1. The quantitative estimate of drug-likeness (QED) is 0.140. The van der Waals surface area contributed by atoms with E-state index in [0.717, 1.165) is 6.33 Å². The first kappa shape index (κ1) is 29.5. The van der Waals surface area contributed by atoms with Gasteiger partial charge in [-0.2, -0.15) is 0 Å². The molecule has 3 aliphatic heterocycles. The van der Waals surface area contributed by atoms with Gasteiger partial charge in [0.2, 0.25) is 0 Å². The number of fused-ring (bicyclic) bond motifs is 4. The van der Waals surface area contributed by atoms with Gasteiger partial charge in [-0.1, -0.05) is 0 Å². The Morgan fingerprint density at radius 1 is 0.864 bits per heavy atom. The summed E-state index contributed by atoms with van der Waals surface area (Å²) in [7, 11) is -9.73. The van der Waals surface area contributed by atoms with Crippen LogP contribution >= 0.6 is 15.4 Å². The van der Waals surface area contributed by atoms with E-state index < -0.39 is 77.6 Å². The highest BCUT2D eigenvalue weighted by atomic mass is 31.2. The molecule has 7 rings (SSSR count). The number of hydrogen-bond donors (Lipinski definition) is 6. The molecule has 0 aliphatic carbocycles. The Kier molecular flexibility index (Phi) is 7.20. The highest BCUT2D eigenvalue weighted by Crippen LogP contribution is 2.53. The summed E-state index contributed by atoms with van der Waals surface area (Å²) in [6, 6.07) is 1.52. The van der Waals surface area contributed by atoms with Crippen molar-refractivity contribution in [3.8, 4) is 0 Å². The minimum Gasteiger partial charge on any atom is -0.397 e. The van der Waals surface area contributed by atoms with Crippen LogP contribution in [0.3, 0.4) is 0 Å². The molecule has 0 saturated carbocycles. The number of pyridine rings is 1. The second-order valence-electron chi connectivity index (χ2n) is 10.1. The van der Waals surface area contributed by atoms with Gasteiger partial charge in [-0.25, -0.2) is 29.5 Å². The number of hydrogen-bond acceptors (Lipinski definition) is 17. The van der Waals surface area contributed by atoms with Crippen molar-refractivity contribution in [3.05, 3.63) is 31.2 Å². The van der Waals surface area contributed by atoms with Crippen LogP contribution in [-0.2, 0) is 36.9 Å². The van der Waals surface area contributed by atoms with Crippen LogP contribution in [0.5, 0.6) is 0 Å². The summed E-state index contributed by atoms with van der Waals surface area (Å²) in [6.45, 7) is -0.755. The number of ether oxygens (including phenoxy) is 3. The van der Waals surface area contributed by atoms with Gasteiger partial charge in [0, 0.05) is 6.20 Å². The number of phosphoric ester groups is 1. The lowest BCUT2D eigenvalue weighted by Gasteiger charge is -2.28. The van der Waals surface area contributed by atoms with Crippen molar-refractivity contribution in [2.75, 3.05) is 24.4 Å². The summed E-state index contributed by atoms with van der Waals surface area (Å²) in [4.78, 5) is 41.7. The molecule has 0 radical (unpaired) electrons. The maximum absolute atomic E-state index is 13.2. The van der Waals surface area contributed by atoms with Crippen LogP contribution in [0, 0.1) is 0 Å². The molecule has 3 saturated heterocycles. The average molecular weight is 657 g/mol. The fourth-order valence-corrected chi connectivity index (χ4v) is 7.21. The first-order chi connectivity index (χ1) is 20.9. The lowest BCUT2D eigenvalue weighted by Crippen LogP contribution is -2.38.